The second-order valence-corrected chi connectivity index (χ2v) is 2.82. The molecular formula is C6H12N4O2. The van der Waals surface area contributed by atoms with Crippen LogP contribution in [0.5, 0.6) is 0 Å². The molecule has 0 aromatic rings. The molecule has 6 nitrogen and oxygen atoms in total. The van der Waals surface area contributed by atoms with Gasteiger partial charge >= 0.3 is 0 Å². The third-order valence-electron chi connectivity index (χ3n) is 1.44. The van der Waals surface area contributed by atoms with Crippen molar-refractivity contribution in [1.29, 1.82) is 0 Å². The van der Waals surface area contributed by atoms with Crippen molar-refractivity contribution in [2.75, 3.05) is 20.7 Å². The van der Waals surface area contributed by atoms with Gasteiger partial charge in [-0.25, -0.2) is 0 Å². The zero-order valence-corrected chi connectivity index (χ0v) is 7.35. The van der Waals surface area contributed by atoms with Crippen LogP contribution in [0, 0.1) is 0 Å². The van der Waals surface area contributed by atoms with Crippen LogP contribution in [0.25, 0.3) is 10.4 Å². The van der Waals surface area contributed by atoms with Gasteiger partial charge in [0.2, 0.25) is 5.91 Å². The highest BCUT2D eigenvalue weighted by Gasteiger charge is 2.32. The molecule has 1 amide bonds. The van der Waals surface area contributed by atoms with Crippen molar-refractivity contribution in [3.8, 4) is 0 Å². The monoisotopic (exact) mass is 172 g/mol. The van der Waals surface area contributed by atoms with E-state index in [-0.39, 0.29) is 0 Å². The standard InChI is InChI=1S/C6H12N4O2/c1-6(4-11,8-9-7)5(12)10(2)3/h11H,4H2,1-3H3. The fraction of sp³-hybridized carbons (Fsp3) is 0.833. The molecule has 0 aliphatic heterocycles. The maximum atomic E-state index is 11.3. The van der Waals surface area contributed by atoms with E-state index < -0.39 is 18.1 Å². The van der Waals surface area contributed by atoms with Crippen LogP contribution >= 0.6 is 0 Å². The van der Waals surface area contributed by atoms with Gasteiger partial charge in [-0.2, -0.15) is 0 Å². The average Bonchev–Trinajstić information content (AvgIpc) is 2.03. The van der Waals surface area contributed by atoms with Gasteiger partial charge in [0.1, 0.15) is 5.54 Å². The predicted molar refractivity (Wildman–Crippen MR) is 43.3 cm³/mol. The summed E-state index contributed by atoms with van der Waals surface area (Å²) in [5, 5.41) is 12.1. The van der Waals surface area contributed by atoms with E-state index in [1.54, 1.807) is 0 Å². The van der Waals surface area contributed by atoms with Gasteiger partial charge in [0.15, 0.2) is 0 Å². The first-order chi connectivity index (χ1) is 5.48. The Kier molecular flexibility index (Phi) is 3.53. The molecule has 1 unspecified atom stereocenters. The van der Waals surface area contributed by atoms with Gasteiger partial charge in [0.05, 0.1) is 6.61 Å². The average molecular weight is 172 g/mol. The van der Waals surface area contributed by atoms with Gasteiger partial charge in [0.25, 0.3) is 0 Å². The van der Waals surface area contributed by atoms with Gasteiger partial charge in [-0.05, 0) is 12.5 Å². The topological polar surface area (TPSA) is 89.3 Å². The minimum Gasteiger partial charge on any atom is -0.395 e. The minimum atomic E-state index is -1.38. The third-order valence-corrected chi connectivity index (χ3v) is 1.44. The van der Waals surface area contributed by atoms with E-state index in [1.165, 1.54) is 25.9 Å². The summed E-state index contributed by atoms with van der Waals surface area (Å²) in [6, 6.07) is 0. The second-order valence-electron chi connectivity index (χ2n) is 2.82. The molecule has 0 bridgehead atoms. The fourth-order valence-corrected chi connectivity index (χ4v) is 0.722. The SMILES string of the molecule is CN(C)C(=O)C(C)(CO)N=[N+]=[N-]. The largest absolute Gasteiger partial charge is 0.395 e. The summed E-state index contributed by atoms with van der Waals surface area (Å²) in [7, 11) is 3.06. The highest BCUT2D eigenvalue weighted by atomic mass is 16.3. The van der Waals surface area contributed by atoms with Crippen LogP contribution in [-0.2, 0) is 4.79 Å². The number of carbonyl (C=O) groups is 1. The van der Waals surface area contributed by atoms with E-state index in [0.29, 0.717) is 0 Å². The normalized spacial score (nSPS) is 14.3. The van der Waals surface area contributed by atoms with E-state index in [9.17, 15) is 4.79 Å². The van der Waals surface area contributed by atoms with Crippen LogP contribution in [0.4, 0.5) is 0 Å². The van der Waals surface area contributed by atoms with Crippen LogP contribution in [0.15, 0.2) is 5.11 Å². The number of hydrogen-bond acceptors (Lipinski definition) is 3. The van der Waals surface area contributed by atoms with Gasteiger partial charge in [0, 0.05) is 19.0 Å². The summed E-state index contributed by atoms with van der Waals surface area (Å²) in [6.07, 6.45) is 0. The molecule has 0 spiro atoms. The predicted octanol–water partition coefficient (Wildman–Crippen LogP) is 0.136. The number of aliphatic hydroxyl groups excluding tert-OH is 1. The van der Waals surface area contributed by atoms with E-state index >= 15 is 0 Å². The van der Waals surface area contributed by atoms with E-state index in [1.807, 2.05) is 0 Å². The Morgan fingerprint density at radius 3 is 2.50 bits per heavy atom. The van der Waals surface area contributed by atoms with Crippen molar-refractivity contribution in [1.82, 2.24) is 4.90 Å². The minimum absolute atomic E-state index is 0.414. The molecule has 0 aromatic heterocycles. The summed E-state index contributed by atoms with van der Waals surface area (Å²) in [4.78, 5) is 15.1. The van der Waals surface area contributed by atoms with Gasteiger partial charge in [-0.15, -0.1) is 0 Å². The quantitative estimate of drug-likeness (QED) is 0.372. The molecule has 0 saturated carbocycles. The highest BCUT2D eigenvalue weighted by Crippen LogP contribution is 2.12. The lowest BCUT2D eigenvalue weighted by atomic mass is 10.0. The van der Waals surface area contributed by atoms with E-state index in [0.717, 1.165) is 0 Å². The van der Waals surface area contributed by atoms with Crippen LogP contribution in [0.2, 0.25) is 0 Å². The maximum Gasteiger partial charge on any atom is 0.236 e. The Morgan fingerprint density at radius 1 is 1.75 bits per heavy atom. The van der Waals surface area contributed by atoms with Crippen molar-refractivity contribution < 1.29 is 9.90 Å². The number of amides is 1. The highest BCUT2D eigenvalue weighted by molar-refractivity contribution is 5.85. The molecule has 0 heterocycles. The Hall–Kier alpha value is -1.26. The number of hydrogen-bond donors (Lipinski definition) is 1. The lowest BCUT2D eigenvalue weighted by molar-refractivity contribution is -0.135. The summed E-state index contributed by atoms with van der Waals surface area (Å²) in [5.74, 6) is -0.414. The Labute approximate surface area is 70.4 Å². The molecule has 68 valence electrons. The first-order valence-electron chi connectivity index (χ1n) is 3.37. The number of carbonyl (C=O) groups excluding carboxylic acids is 1. The Morgan fingerprint density at radius 2 is 2.25 bits per heavy atom. The molecule has 1 N–H and O–H groups in total. The molecule has 1 atom stereocenters. The first-order valence-corrected chi connectivity index (χ1v) is 3.37. The van der Waals surface area contributed by atoms with Crippen molar-refractivity contribution in [3.05, 3.63) is 10.4 Å². The number of likely N-dealkylation sites (N-methyl/N-ethyl adjacent to an activating group) is 1. The molecular weight excluding hydrogens is 160 g/mol. The number of azide groups is 1. The zero-order chi connectivity index (χ0) is 9.78. The van der Waals surface area contributed by atoms with E-state index in [2.05, 4.69) is 10.0 Å². The maximum absolute atomic E-state index is 11.3. The molecule has 0 radical (unpaired) electrons. The van der Waals surface area contributed by atoms with Crippen molar-refractivity contribution in [3.63, 3.8) is 0 Å². The van der Waals surface area contributed by atoms with Gasteiger partial charge < -0.3 is 10.0 Å². The van der Waals surface area contributed by atoms with Crippen LogP contribution in [0.1, 0.15) is 6.92 Å². The smallest absolute Gasteiger partial charge is 0.236 e. The van der Waals surface area contributed by atoms with Gasteiger partial charge in [-0.3, -0.25) is 4.79 Å². The molecule has 0 aromatic carbocycles. The number of rotatable bonds is 3. The van der Waals surface area contributed by atoms with Crippen LogP contribution < -0.4 is 0 Å². The third kappa shape index (κ3) is 2.11. The zero-order valence-electron chi connectivity index (χ0n) is 7.35. The lowest BCUT2D eigenvalue weighted by Gasteiger charge is -2.23. The Balaban J connectivity index is 4.75. The molecule has 0 aliphatic rings. The molecule has 12 heavy (non-hydrogen) atoms. The summed E-state index contributed by atoms with van der Waals surface area (Å²) in [5.41, 5.74) is 6.76. The molecule has 0 aliphatic carbocycles. The second kappa shape index (κ2) is 3.94. The molecule has 0 saturated heterocycles. The van der Waals surface area contributed by atoms with Gasteiger partial charge in [-0.1, -0.05) is 5.11 Å². The lowest BCUT2D eigenvalue weighted by Crippen LogP contribution is -2.44. The fourth-order valence-electron chi connectivity index (χ4n) is 0.722. The van der Waals surface area contributed by atoms with Crippen LogP contribution in [0.3, 0.4) is 0 Å². The molecule has 0 rings (SSSR count). The molecule has 0 fully saturated rings. The summed E-state index contributed by atoms with van der Waals surface area (Å²) in [6.45, 7) is 0.892. The van der Waals surface area contributed by atoms with Crippen LogP contribution in [-0.4, -0.2) is 42.2 Å². The summed E-state index contributed by atoms with van der Waals surface area (Å²) < 4.78 is 0. The summed E-state index contributed by atoms with van der Waals surface area (Å²) >= 11 is 0. The van der Waals surface area contributed by atoms with Crippen molar-refractivity contribution in [2.45, 2.75) is 12.5 Å². The first kappa shape index (κ1) is 10.7. The Bertz CT molecular complexity index is 222. The van der Waals surface area contributed by atoms with Crippen molar-refractivity contribution >= 4 is 5.91 Å². The number of aliphatic hydroxyl groups is 1. The molecule has 6 heteroatoms. The van der Waals surface area contributed by atoms with Crippen molar-refractivity contribution in [2.24, 2.45) is 5.11 Å². The number of nitrogens with zero attached hydrogens (tertiary/aromatic N) is 4. The van der Waals surface area contributed by atoms with E-state index in [4.69, 9.17) is 10.6 Å².